The van der Waals surface area contributed by atoms with E-state index in [1.807, 2.05) is 0 Å². The maximum Gasteiger partial charge on any atom is 0.416 e. The zero-order valence-electron chi connectivity index (χ0n) is 12.8. The Labute approximate surface area is 137 Å². The van der Waals surface area contributed by atoms with Crippen LogP contribution in [0.1, 0.15) is 11.1 Å². The number of nitrogens with zero attached hydrogens (tertiary/aromatic N) is 1. The Kier molecular flexibility index (Phi) is 5.68. The largest absolute Gasteiger partial charge is 0.472 e. The number of ether oxygens (including phenoxy) is 1. The summed E-state index contributed by atoms with van der Waals surface area (Å²) < 4.78 is 74.7. The van der Waals surface area contributed by atoms with Crippen molar-refractivity contribution in [1.82, 2.24) is 4.31 Å². The number of hydrogen-bond donors (Lipinski definition) is 0. The van der Waals surface area contributed by atoms with E-state index in [4.69, 9.17) is 9.15 Å². The molecule has 2 rings (SSSR count). The first kappa shape index (κ1) is 18.5. The van der Waals surface area contributed by atoms with Gasteiger partial charge in [-0.15, -0.1) is 0 Å². The van der Waals surface area contributed by atoms with Crippen molar-refractivity contribution in [2.24, 2.45) is 0 Å². The molecule has 0 radical (unpaired) electrons. The van der Waals surface area contributed by atoms with Crippen molar-refractivity contribution in [1.29, 1.82) is 0 Å². The minimum absolute atomic E-state index is 0.000257. The molecule has 0 aliphatic rings. The van der Waals surface area contributed by atoms with E-state index < -0.39 is 26.7 Å². The number of alkyl halides is 3. The minimum Gasteiger partial charge on any atom is -0.472 e. The zero-order chi connectivity index (χ0) is 17.8. The van der Waals surface area contributed by atoms with Crippen molar-refractivity contribution in [2.45, 2.75) is 17.6 Å². The fourth-order valence-corrected chi connectivity index (χ4v) is 3.50. The van der Waals surface area contributed by atoms with Crippen molar-refractivity contribution in [3.05, 3.63) is 54.0 Å². The lowest BCUT2D eigenvalue weighted by atomic mass is 10.2. The third-order valence-corrected chi connectivity index (χ3v) is 5.12. The lowest BCUT2D eigenvalue weighted by Gasteiger charge is -2.22. The van der Waals surface area contributed by atoms with Crippen LogP contribution in [0.3, 0.4) is 0 Å². The highest BCUT2D eigenvalue weighted by Crippen LogP contribution is 2.31. The number of benzene rings is 1. The first-order valence-electron chi connectivity index (χ1n) is 6.92. The molecule has 24 heavy (non-hydrogen) atoms. The summed E-state index contributed by atoms with van der Waals surface area (Å²) in [5.74, 6) is 0. The fourth-order valence-electron chi connectivity index (χ4n) is 2.05. The predicted molar refractivity (Wildman–Crippen MR) is 79.6 cm³/mol. The number of hydrogen-bond acceptors (Lipinski definition) is 4. The van der Waals surface area contributed by atoms with E-state index in [1.54, 1.807) is 6.07 Å². The van der Waals surface area contributed by atoms with Crippen LogP contribution in [0.15, 0.2) is 52.2 Å². The maximum absolute atomic E-state index is 12.8. The summed E-state index contributed by atoms with van der Waals surface area (Å²) in [6.45, 7) is 0.0781. The van der Waals surface area contributed by atoms with E-state index in [0.717, 1.165) is 22.5 Å². The van der Waals surface area contributed by atoms with E-state index in [1.165, 1.54) is 19.6 Å². The topological polar surface area (TPSA) is 59.8 Å². The molecular formula is C15H16F3NO4S. The standard InChI is InChI=1S/C15H16F3NO4S/c1-22-8-6-19(10-12-5-7-23-11-12)24(20,21)14-4-2-3-13(9-14)15(16,17)18/h2-5,7,9,11H,6,8,10H2,1H3. The predicted octanol–water partition coefficient (Wildman–Crippen LogP) is 3.14. The average molecular weight is 363 g/mol. The van der Waals surface area contributed by atoms with Gasteiger partial charge < -0.3 is 9.15 Å². The molecule has 0 aliphatic carbocycles. The van der Waals surface area contributed by atoms with Crippen LogP contribution in [0.2, 0.25) is 0 Å². The number of methoxy groups -OCH3 is 1. The van der Waals surface area contributed by atoms with Crippen molar-refractivity contribution >= 4 is 10.0 Å². The second-order valence-electron chi connectivity index (χ2n) is 4.99. The summed E-state index contributed by atoms with van der Waals surface area (Å²) in [6, 6.07) is 5.25. The molecule has 0 aliphatic heterocycles. The van der Waals surface area contributed by atoms with Crippen LogP contribution in [0.25, 0.3) is 0 Å². The summed E-state index contributed by atoms with van der Waals surface area (Å²) in [5, 5.41) is 0. The molecule has 0 amide bonds. The second kappa shape index (κ2) is 7.37. The van der Waals surface area contributed by atoms with Gasteiger partial charge in [-0.3, -0.25) is 0 Å². The molecule has 132 valence electrons. The van der Waals surface area contributed by atoms with Crippen LogP contribution in [-0.4, -0.2) is 33.0 Å². The van der Waals surface area contributed by atoms with E-state index in [2.05, 4.69) is 0 Å². The van der Waals surface area contributed by atoms with Gasteiger partial charge in [0, 0.05) is 25.8 Å². The normalized spacial score (nSPS) is 12.7. The van der Waals surface area contributed by atoms with Crippen molar-refractivity contribution < 1.29 is 30.7 Å². The van der Waals surface area contributed by atoms with Crippen LogP contribution in [0.5, 0.6) is 0 Å². The van der Waals surface area contributed by atoms with Crippen LogP contribution >= 0.6 is 0 Å². The summed E-state index contributed by atoms with van der Waals surface area (Å²) >= 11 is 0. The third kappa shape index (κ3) is 4.37. The van der Waals surface area contributed by atoms with Crippen LogP contribution in [0, 0.1) is 0 Å². The van der Waals surface area contributed by atoms with Crippen LogP contribution in [0.4, 0.5) is 13.2 Å². The molecule has 0 fully saturated rings. The summed E-state index contributed by atoms with van der Waals surface area (Å²) in [4.78, 5) is -0.420. The van der Waals surface area contributed by atoms with Gasteiger partial charge in [0.2, 0.25) is 10.0 Å². The van der Waals surface area contributed by atoms with E-state index in [-0.39, 0.29) is 19.7 Å². The highest BCUT2D eigenvalue weighted by Gasteiger charge is 2.33. The average Bonchev–Trinajstić information content (AvgIpc) is 3.03. The zero-order valence-corrected chi connectivity index (χ0v) is 13.6. The summed E-state index contributed by atoms with van der Waals surface area (Å²) in [7, 11) is -2.71. The molecule has 0 saturated carbocycles. The Balaban J connectivity index is 2.36. The lowest BCUT2D eigenvalue weighted by Crippen LogP contribution is -2.33. The Morgan fingerprint density at radius 2 is 2.00 bits per heavy atom. The number of rotatable bonds is 7. The Morgan fingerprint density at radius 1 is 1.25 bits per heavy atom. The molecular weight excluding hydrogens is 347 g/mol. The molecule has 9 heteroatoms. The Morgan fingerprint density at radius 3 is 2.58 bits per heavy atom. The molecule has 1 aromatic heterocycles. The van der Waals surface area contributed by atoms with Crippen molar-refractivity contribution in [3.8, 4) is 0 Å². The SMILES string of the molecule is COCCN(Cc1ccoc1)S(=O)(=O)c1cccc(C(F)(F)F)c1. The van der Waals surface area contributed by atoms with Gasteiger partial charge in [0.15, 0.2) is 0 Å². The molecule has 1 aromatic carbocycles. The maximum atomic E-state index is 12.8. The molecule has 0 atom stereocenters. The van der Waals surface area contributed by atoms with Gasteiger partial charge in [-0.1, -0.05) is 6.07 Å². The lowest BCUT2D eigenvalue weighted by molar-refractivity contribution is -0.137. The molecule has 0 N–H and O–H groups in total. The van der Waals surface area contributed by atoms with Crippen molar-refractivity contribution in [2.75, 3.05) is 20.3 Å². The van der Waals surface area contributed by atoms with E-state index in [9.17, 15) is 21.6 Å². The quantitative estimate of drug-likeness (QED) is 0.758. The van der Waals surface area contributed by atoms with E-state index >= 15 is 0 Å². The van der Waals surface area contributed by atoms with Crippen LogP contribution < -0.4 is 0 Å². The third-order valence-electron chi connectivity index (χ3n) is 3.28. The summed E-state index contributed by atoms with van der Waals surface area (Å²) in [5.41, 5.74) is -0.430. The van der Waals surface area contributed by atoms with Gasteiger partial charge in [0.1, 0.15) is 0 Å². The molecule has 0 unspecified atom stereocenters. The number of furan rings is 1. The smallest absolute Gasteiger partial charge is 0.416 e. The van der Waals surface area contributed by atoms with Crippen LogP contribution in [-0.2, 0) is 27.5 Å². The molecule has 2 aromatic rings. The summed E-state index contributed by atoms with van der Waals surface area (Å²) in [6.07, 6.45) is -1.85. The van der Waals surface area contributed by atoms with Gasteiger partial charge in [-0.25, -0.2) is 8.42 Å². The minimum atomic E-state index is -4.62. The van der Waals surface area contributed by atoms with E-state index in [0.29, 0.717) is 11.6 Å². The molecule has 0 spiro atoms. The second-order valence-corrected chi connectivity index (χ2v) is 6.93. The highest BCUT2D eigenvalue weighted by atomic mass is 32.2. The molecule has 5 nitrogen and oxygen atoms in total. The fraction of sp³-hybridized carbons (Fsp3) is 0.333. The molecule has 0 bridgehead atoms. The Bertz CT molecular complexity index is 757. The van der Waals surface area contributed by atoms with Gasteiger partial charge in [0.25, 0.3) is 0 Å². The van der Waals surface area contributed by atoms with Gasteiger partial charge in [-0.05, 0) is 24.3 Å². The first-order valence-corrected chi connectivity index (χ1v) is 8.36. The Hall–Kier alpha value is -1.84. The van der Waals surface area contributed by atoms with Crippen molar-refractivity contribution in [3.63, 3.8) is 0 Å². The number of halogens is 3. The van der Waals surface area contributed by atoms with Gasteiger partial charge in [0.05, 0.1) is 29.6 Å². The number of sulfonamides is 1. The molecule has 1 heterocycles. The monoisotopic (exact) mass is 363 g/mol. The molecule has 0 saturated heterocycles. The van der Waals surface area contributed by atoms with Gasteiger partial charge in [-0.2, -0.15) is 17.5 Å². The highest BCUT2D eigenvalue weighted by molar-refractivity contribution is 7.89. The first-order chi connectivity index (χ1) is 11.2. The van der Waals surface area contributed by atoms with Gasteiger partial charge >= 0.3 is 6.18 Å².